The van der Waals surface area contributed by atoms with Crippen molar-refractivity contribution in [1.82, 2.24) is 15.2 Å². The normalized spacial score (nSPS) is 22.7. The van der Waals surface area contributed by atoms with Crippen LogP contribution < -0.4 is 10.6 Å². The lowest BCUT2D eigenvalue weighted by Gasteiger charge is -2.46. The highest BCUT2D eigenvalue weighted by Crippen LogP contribution is 2.31. The van der Waals surface area contributed by atoms with Crippen LogP contribution >= 0.6 is 11.3 Å². The molecule has 1 aromatic carbocycles. The van der Waals surface area contributed by atoms with Crippen molar-refractivity contribution in [3.8, 4) is 0 Å². The summed E-state index contributed by atoms with van der Waals surface area (Å²) >= 11 is 1.37. The number of nitrogens with zero attached hydrogens (tertiary/aromatic N) is 2. The quantitative estimate of drug-likeness (QED) is 0.833. The summed E-state index contributed by atoms with van der Waals surface area (Å²) in [5.74, 6) is -0.100. The van der Waals surface area contributed by atoms with Crippen molar-refractivity contribution in [2.24, 2.45) is 0 Å². The number of para-hydroxylation sites is 1. The van der Waals surface area contributed by atoms with E-state index in [1.54, 1.807) is 11.6 Å². The number of carbonyl (C=O) groups is 2. The molecule has 0 unspecified atom stereocenters. The van der Waals surface area contributed by atoms with Crippen LogP contribution in [-0.4, -0.2) is 40.5 Å². The summed E-state index contributed by atoms with van der Waals surface area (Å²) in [4.78, 5) is 31.9. The van der Waals surface area contributed by atoms with E-state index in [2.05, 4.69) is 15.6 Å². The van der Waals surface area contributed by atoms with Crippen LogP contribution in [0.2, 0.25) is 0 Å². The lowest BCUT2D eigenvalue weighted by atomic mass is 9.93. The number of amides is 2. The molecule has 0 saturated carbocycles. The highest BCUT2D eigenvalue weighted by molar-refractivity contribution is 7.11. The Hall–Kier alpha value is -2.41. The number of carbonyl (C=O) groups excluding carboxylic acids is 2. The van der Waals surface area contributed by atoms with Crippen molar-refractivity contribution in [3.63, 3.8) is 0 Å². The van der Waals surface area contributed by atoms with E-state index in [9.17, 15) is 9.59 Å². The fraction of sp³-hybridized carbons (Fsp3) is 0.353. The summed E-state index contributed by atoms with van der Waals surface area (Å²) in [7, 11) is 0. The molecule has 4 rings (SSSR count). The van der Waals surface area contributed by atoms with Crippen molar-refractivity contribution in [2.45, 2.75) is 25.4 Å². The molecule has 1 spiro atoms. The van der Waals surface area contributed by atoms with Crippen molar-refractivity contribution >= 4 is 28.8 Å². The van der Waals surface area contributed by atoms with E-state index in [1.807, 2.05) is 30.0 Å². The molecular formula is C17H18N4O2S. The van der Waals surface area contributed by atoms with Gasteiger partial charge < -0.3 is 15.5 Å². The number of benzene rings is 1. The SMILES string of the molecule is Cc1ncsc1C(=O)N1CCC[C@]2(C1)NC(=O)c1ccccc1N2. The number of aryl methyl sites for hydroxylation is 1. The number of anilines is 1. The van der Waals surface area contributed by atoms with Gasteiger partial charge in [-0.25, -0.2) is 4.98 Å². The molecule has 24 heavy (non-hydrogen) atoms. The summed E-state index contributed by atoms with van der Waals surface area (Å²) in [6, 6.07) is 7.47. The number of thiazole rings is 1. The van der Waals surface area contributed by atoms with Gasteiger partial charge in [0.15, 0.2) is 0 Å². The lowest BCUT2D eigenvalue weighted by molar-refractivity contribution is 0.0596. The molecule has 3 heterocycles. The van der Waals surface area contributed by atoms with E-state index in [4.69, 9.17) is 0 Å². The molecule has 7 heteroatoms. The van der Waals surface area contributed by atoms with E-state index >= 15 is 0 Å². The largest absolute Gasteiger partial charge is 0.361 e. The maximum atomic E-state index is 12.8. The first-order valence-electron chi connectivity index (χ1n) is 7.97. The molecule has 2 amide bonds. The number of piperidine rings is 1. The first kappa shape index (κ1) is 15.1. The van der Waals surface area contributed by atoms with Crippen LogP contribution in [0.3, 0.4) is 0 Å². The van der Waals surface area contributed by atoms with Crippen molar-refractivity contribution in [2.75, 3.05) is 18.4 Å². The molecule has 0 aliphatic carbocycles. The third kappa shape index (κ3) is 2.45. The summed E-state index contributed by atoms with van der Waals surface area (Å²) in [6.45, 7) is 2.99. The second kappa shape index (κ2) is 5.59. The second-order valence-corrected chi connectivity index (χ2v) is 7.16. The summed E-state index contributed by atoms with van der Waals surface area (Å²) in [5, 5.41) is 6.53. The Bertz CT molecular complexity index is 818. The smallest absolute Gasteiger partial charge is 0.265 e. The molecule has 6 nitrogen and oxygen atoms in total. The van der Waals surface area contributed by atoms with Crippen LogP contribution in [0.4, 0.5) is 5.69 Å². The molecule has 1 aromatic heterocycles. The summed E-state index contributed by atoms with van der Waals surface area (Å²) in [6.07, 6.45) is 1.62. The van der Waals surface area contributed by atoms with Gasteiger partial charge in [-0.1, -0.05) is 12.1 Å². The van der Waals surface area contributed by atoms with Crippen LogP contribution in [0.5, 0.6) is 0 Å². The number of nitrogens with one attached hydrogen (secondary N) is 2. The first-order valence-corrected chi connectivity index (χ1v) is 8.85. The predicted molar refractivity (Wildman–Crippen MR) is 92.3 cm³/mol. The van der Waals surface area contributed by atoms with Crippen molar-refractivity contribution < 1.29 is 9.59 Å². The van der Waals surface area contributed by atoms with Gasteiger partial charge in [-0.3, -0.25) is 9.59 Å². The molecule has 1 fully saturated rings. The first-order chi connectivity index (χ1) is 11.6. The molecule has 1 atom stereocenters. The predicted octanol–water partition coefficient (Wildman–Crippen LogP) is 2.24. The molecule has 0 bridgehead atoms. The Morgan fingerprint density at radius 3 is 2.96 bits per heavy atom. The average molecular weight is 342 g/mol. The standard InChI is InChI=1S/C17H18N4O2S/c1-11-14(24-10-18-11)16(23)21-8-4-7-17(9-21)19-13-6-3-2-5-12(13)15(22)20-17/h2-3,5-6,10,19H,4,7-9H2,1H3,(H,20,22)/t17-/m1/s1. The van der Waals surface area contributed by atoms with Crippen molar-refractivity contribution in [1.29, 1.82) is 0 Å². The van der Waals surface area contributed by atoms with E-state index in [1.165, 1.54) is 11.3 Å². The highest BCUT2D eigenvalue weighted by atomic mass is 32.1. The third-order valence-corrected chi connectivity index (χ3v) is 5.53. The summed E-state index contributed by atoms with van der Waals surface area (Å²) < 4.78 is 0. The maximum Gasteiger partial charge on any atom is 0.265 e. The van der Waals surface area contributed by atoms with Gasteiger partial charge in [0.1, 0.15) is 10.5 Å². The van der Waals surface area contributed by atoms with Gasteiger partial charge in [0.2, 0.25) is 0 Å². The molecule has 2 N–H and O–H groups in total. The van der Waals surface area contributed by atoms with Crippen molar-refractivity contribution in [3.05, 3.63) is 45.9 Å². The minimum Gasteiger partial charge on any atom is -0.361 e. The highest BCUT2D eigenvalue weighted by Gasteiger charge is 2.42. The Morgan fingerprint density at radius 2 is 2.17 bits per heavy atom. The molecular weight excluding hydrogens is 324 g/mol. The van der Waals surface area contributed by atoms with Crippen LogP contribution in [-0.2, 0) is 0 Å². The van der Waals surface area contributed by atoms with Gasteiger partial charge >= 0.3 is 0 Å². The molecule has 0 radical (unpaired) electrons. The van der Waals surface area contributed by atoms with E-state index < -0.39 is 5.66 Å². The Balaban J connectivity index is 1.60. The van der Waals surface area contributed by atoms with Crippen LogP contribution in [0, 0.1) is 6.92 Å². The van der Waals surface area contributed by atoms with E-state index in [0.717, 1.165) is 24.2 Å². The number of hydrogen-bond acceptors (Lipinski definition) is 5. The number of hydrogen-bond donors (Lipinski definition) is 2. The Labute approximate surface area is 143 Å². The second-order valence-electron chi connectivity index (χ2n) is 6.30. The topological polar surface area (TPSA) is 74.3 Å². The number of fused-ring (bicyclic) bond motifs is 1. The average Bonchev–Trinajstić information content (AvgIpc) is 3.00. The minimum atomic E-state index is -0.599. The zero-order valence-electron chi connectivity index (χ0n) is 13.3. The Morgan fingerprint density at radius 1 is 1.33 bits per heavy atom. The molecule has 2 aromatic rings. The zero-order chi connectivity index (χ0) is 16.7. The van der Waals surface area contributed by atoms with Gasteiger partial charge in [0.25, 0.3) is 11.8 Å². The fourth-order valence-electron chi connectivity index (χ4n) is 3.45. The maximum absolute atomic E-state index is 12.8. The fourth-order valence-corrected chi connectivity index (χ4v) is 4.22. The monoisotopic (exact) mass is 342 g/mol. The van der Waals surface area contributed by atoms with E-state index in [0.29, 0.717) is 23.5 Å². The lowest BCUT2D eigenvalue weighted by Crippen LogP contribution is -2.66. The van der Waals surface area contributed by atoms with Crippen LogP contribution in [0.1, 0.15) is 38.6 Å². The Kier molecular flexibility index (Phi) is 3.53. The molecule has 1 saturated heterocycles. The van der Waals surface area contributed by atoms with Gasteiger partial charge in [0, 0.05) is 12.2 Å². The molecule has 2 aliphatic rings. The van der Waals surface area contributed by atoms with Gasteiger partial charge in [0.05, 0.1) is 23.3 Å². The van der Waals surface area contributed by atoms with Crippen LogP contribution in [0.15, 0.2) is 29.8 Å². The zero-order valence-corrected chi connectivity index (χ0v) is 14.2. The van der Waals surface area contributed by atoms with Gasteiger partial charge in [-0.05, 0) is 31.9 Å². The summed E-state index contributed by atoms with van der Waals surface area (Å²) in [5.41, 5.74) is 3.32. The number of aromatic nitrogens is 1. The molecule has 2 aliphatic heterocycles. The van der Waals surface area contributed by atoms with Gasteiger partial charge in [-0.15, -0.1) is 11.3 Å². The molecule has 124 valence electrons. The number of likely N-dealkylation sites (tertiary alicyclic amines) is 1. The minimum absolute atomic E-state index is 0.0102. The van der Waals surface area contributed by atoms with Gasteiger partial charge in [-0.2, -0.15) is 0 Å². The number of rotatable bonds is 1. The third-order valence-electron chi connectivity index (χ3n) is 4.62. The van der Waals surface area contributed by atoms with E-state index in [-0.39, 0.29) is 11.8 Å². The van der Waals surface area contributed by atoms with Crippen LogP contribution in [0.25, 0.3) is 0 Å².